The van der Waals surface area contributed by atoms with E-state index >= 15 is 0 Å². The van der Waals surface area contributed by atoms with Crippen molar-refractivity contribution in [1.29, 1.82) is 0 Å². The Morgan fingerprint density at radius 1 is 0.971 bits per heavy atom. The third-order valence-corrected chi connectivity index (χ3v) is 5.38. The lowest BCUT2D eigenvalue weighted by Gasteiger charge is -2.18. The molecule has 2 N–H and O–H groups in total. The Morgan fingerprint density at radius 2 is 1.65 bits per heavy atom. The van der Waals surface area contributed by atoms with E-state index in [9.17, 15) is 18.4 Å². The normalized spacial score (nSPS) is 11.9. The third-order valence-electron chi connectivity index (χ3n) is 5.38. The molecule has 9 heteroatoms. The smallest absolute Gasteiger partial charge is 0.353 e. The van der Waals surface area contributed by atoms with Crippen molar-refractivity contribution >= 4 is 0 Å². The Kier molecular flexibility index (Phi) is 6.65. The topological polar surface area (TPSA) is 92.1 Å². The van der Waals surface area contributed by atoms with E-state index < -0.39 is 35.5 Å². The van der Waals surface area contributed by atoms with Gasteiger partial charge in [0.2, 0.25) is 0 Å². The van der Waals surface area contributed by atoms with Gasteiger partial charge in [0.15, 0.2) is 0 Å². The molecule has 7 nitrogen and oxygen atoms in total. The minimum absolute atomic E-state index is 0.215. The average Bonchev–Trinajstić information content (AvgIpc) is 2.83. The van der Waals surface area contributed by atoms with Crippen molar-refractivity contribution in [3.8, 4) is 11.4 Å². The number of nitrogens with two attached hydrogens (primary N) is 1. The van der Waals surface area contributed by atoms with Gasteiger partial charge in [0, 0.05) is 24.5 Å². The van der Waals surface area contributed by atoms with E-state index in [4.69, 9.17) is 10.5 Å². The molecule has 0 spiro atoms. The summed E-state index contributed by atoms with van der Waals surface area (Å²) >= 11 is 0. The van der Waals surface area contributed by atoms with E-state index in [0.717, 1.165) is 26.9 Å². The first-order valence-corrected chi connectivity index (χ1v) is 10.5. The number of aromatic nitrogens is 3. The minimum atomic E-state index is -0.934. The second-order valence-electron chi connectivity index (χ2n) is 7.65. The van der Waals surface area contributed by atoms with Crippen molar-refractivity contribution in [1.82, 2.24) is 14.3 Å². The largest absolute Gasteiger partial charge is 0.497 e. The number of hydrogen-bond acceptors (Lipinski definition) is 5. The molecule has 0 aliphatic carbocycles. The number of rotatable bonds is 7. The molecule has 0 fully saturated rings. The highest BCUT2D eigenvalue weighted by Crippen LogP contribution is 2.17. The molecule has 0 aliphatic heterocycles. The van der Waals surface area contributed by atoms with E-state index in [-0.39, 0.29) is 23.4 Å². The fourth-order valence-electron chi connectivity index (χ4n) is 3.65. The first-order chi connectivity index (χ1) is 16.4. The molecule has 1 atom stereocenters. The maximum Gasteiger partial charge on any atom is 0.353 e. The van der Waals surface area contributed by atoms with Crippen LogP contribution in [-0.2, 0) is 12.8 Å². The highest BCUT2D eigenvalue weighted by atomic mass is 19.1. The van der Waals surface area contributed by atoms with Crippen molar-refractivity contribution in [2.75, 3.05) is 7.11 Å². The molecule has 3 aromatic carbocycles. The maximum atomic E-state index is 14.3. The van der Waals surface area contributed by atoms with Gasteiger partial charge in [-0.25, -0.2) is 18.1 Å². The summed E-state index contributed by atoms with van der Waals surface area (Å²) in [5.74, 6) is -1.22. The van der Waals surface area contributed by atoms with Crippen molar-refractivity contribution in [2.45, 2.75) is 19.0 Å². The number of hydrogen-bond donors (Lipinski definition) is 1. The van der Waals surface area contributed by atoms with Crippen LogP contribution in [0, 0.1) is 11.6 Å². The molecule has 0 saturated heterocycles. The first-order valence-electron chi connectivity index (χ1n) is 10.5. The Hall–Kier alpha value is -4.11. The molecular formula is C25H22F2N4O3. The average molecular weight is 464 g/mol. The van der Waals surface area contributed by atoms with Gasteiger partial charge in [0.25, 0.3) is 5.56 Å². The molecule has 0 amide bonds. The highest BCUT2D eigenvalue weighted by molar-refractivity contribution is 5.39. The van der Waals surface area contributed by atoms with Gasteiger partial charge in [-0.15, -0.1) is 0 Å². The van der Waals surface area contributed by atoms with Gasteiger partial charge in [-0.1, -0.05) is 42.5 Å². The van der Waals surface area contributed by atoms with E-state index in [1.165, 1.54) is 19.2 Å². The predicted octanol–water partition coefficient (Wildman–Crippen LogP) is 2.97. The summed E-state index contributed by atoms with van der Waals surface area (Å²) < 4.78 is 35.7. The van der Waals surface area contributed by atoms with Crippen LogP contribution >= 0.6 is 0 Å². The molecule has 0 bridgehead atoms. The monoisotopic (exact) mass is 464 g/mol. The fraction of sp³-hybridized carbons (Fsp3) is 0.160. The number of benzene rings is 3. The molecule has 0 radical (unpaired) electrons. The predicted molar refractivity (Wildman–Crippen MR) is 123 cm³/mol. The summed E-state index contributed by atoms with van der Waals surface area (Å²) in [5, 5.41) is 4.16. The molecule has 174 valence electrons. The van der Waals surface area contributed by atoms with Crippen molar-refractivity contribution in [2.24, 2.45) is 5.73 Å². The molecule has 1 unspecified atom stereocenters. The van der Waals surface area contributed by atoms with Crippen molar-refractivity contribution in [3.63, 3.8) is 0 Å². The molecule has 0 aliphatic rings. The standard InChI is InChI=1S/C25H22F2N4O3/c1-34-18-10-5-9-17(14-18)30-24(32)22(15-19-20(26)11-6-12-21(19)27)29-31(25(30)33)23(28)13-16-7-3-2-4-8-16/h2-12,14,23H,13,15,28H2,1H3. The van der Waals surface area contributed by atoms with Crippen LogP contribution in [0.4, 0.5) is 8.78 Å². The van der Waals surface area contributed by atoms with Crippen LogP contribution in [0.5, 0.6) is 5.75 Å². The first kappa shape index (κ1) is 23.1. The lowest BCUT2D eigenvalue weighted by Crippen LogP contribution is -2.46. The summed E-state index contributed by atoms with van der Waals surface area (Å²) in [6.45, 7) is 0. The number of ether oxygens (including phenoxy) is 1. The van der Waals surface area contributed by atoms with Crippen LogP contribution in [0.3, 0.4) is 0 Å². The second kappa shape index (κ2) is 9.80. The molecule has 4 rings (SSSR count). The molecule has 1 heterocycles. The lowest BCUT2D eigenvalue weighted by molar-refractivity contribution is 0.410. The number of methoxy groups -OCH3 is 1. The van der Waals surface area contributed by atoms with Crippen LogP contribution in [0.2, 0.25) is 0 Å². The van der Waals surface area contributed by atoms with Crippen molar-refractivity contribution < 1.29 is 13.5 Å². The van der Waals surface area contributed by atoms with Crippen LogP contribution in [0.25, 0.3) is 5.69 Å². The Balaban J connectivity index is 1.89. The maximum absolute atomic E-state index is 14.3. The summed E-state index contributed by atoms with van der Waals surface area (Å²) in [7, 11) is 1.45. The Bertz CT molecular complexity index is 1410. The van der Waals surface area contributed by atoms with Crippen LogP contribution in [0.1, 0.15) is 23.0 Å². The molecule has 0 saturated carbocycles. The quantitative estimate of drug-likeness (QED) is 0.454. The van der Waals surface area contributed by atoms with E-state index in [1.807, 2.05) is 30.3 Å². The SMILES string of the molecule is COc1cccc(-n2c(=O)c(Cc3c(F)cccc3F)nn(C(N)Cc3ccccc3)c2=O)c1. The Labute approximate surface area is 193 Å². The summed E-state index contributed by atoms with van der Waals surface area (Å²) in [4.78, 5) is 26.7. The minimum Gasteiger partial charge on any atom is -0.497 e. The van der Waals surface area contributed by atoms with Gasteiger partial charge in [0.1, 0.15) is 29.2 Å². The van der Waals surface area contributed by atoms with E-state index in [2.05, 4.69) is 5.10 Å². The Morgan fingerprint density at radius 3 is 2.32 bits per heavy atom. The van der Waals surface area contributed by atoms with Gasteiger partial charge < -0.3 is 10.5 Å². The van der Waals surface area contributed by atoms with Gasteiger partial charge in [-0.05, 0) is 29.8 Å². The van der Waals surface area contributed by atoms with Gasteiger partial charge in [-0.3, -0.25) is 4.79 Å². The van der Waals surface area contributed by atoms with Gasteiger partial charge >= 0.3 is 5.69 Å². The number of halogens is 2. The summed E-state index contributed by atoms with van der Waals surface area (Å²) in [6, 6.07) is 19.0. The zero-order valence-electron chi connectivity index (χ0n) is 18.3. The highest BCUT2D eigenvalue weighted by Gasteiger charge is 2.21. The van der Waals surface area contributed by atoms with Crippen LogP contribution < -0.4 is 21.7 Å². The zero-order chi connectivity index (χ0) is 24.2. The summed E-state index contributed by atoms with van der Waals surface area (Å²) in [5.41, 5.74) is 5.25. The van der Waals surface area contributed by atoms with Gasteiger partial charge in [0.05, 0.1) is 12.8 Å². The van der Waals surface area contributed by atoms with Crippen LogP contribution in [0.15, 0.2) is 82.4 Å². The molecule has 4 aromatic rings. The van der Waals surface area contributed by atoms with E-state index in [1.54, 1.807) is 18.2 Å². The number of nitrogens with zero attached hydrogens (tertiary/aromatic N) is 3. The third kappa shape index (κ3) is 4.65. The summed E-state index contributed by atoms with van der Waals surface area (Å²) in [6.07, 6.45) is -1.14. The van der Waals surface area contributed by atoms with Gasteiger partial charge in [-0.2, -0.15) is 9.78 Å². The zero-order valence-corrected chi connectivity index (χ0v) is 18.3. The molecular weight excluding hydrogens is 442 g/mol. The van der Waals surface area contributed by atoms with E-state index in [0.29, 0.717) is 5.75 Å². The molecule has 34 heavy (non-hydrogen) atoms. The molecule has 1 aromatic heterocycles. The fourth-order valence-corrected chi connectivity index (χ4v) is 3.65. The lowest BCUT2D eigenvalue weighted by atomic mass is 10.1. The van der Waals surface area contributed by atoms with Crippen LogP contribution in [-0.4, -0.2) is 21.5 Å². The second-order valence-corrected chi connectivity index (χ2v) is 7.65. The van der Waals surface area contributed by atoms with Crippen molar-refractivity contribution in [3.05, 3.63) is 122 Å².